The molecule has 0 radical (unpaired) electrons. The minimum Gasteiger partial charge on any atom is -0.358 e. The van der Waals surface area contributed by atoms with Crippen LogP contribution in [0, 0.1) is 0 Å². The van der Waals surface area contributed by atoms with Crippen molar-refractivity contribution in [3.63, 3.8) is 0 Å². The zero-order chi connectivity index (χ0) is 17.3. The van der Waals surface area contributed by atoms with Crippen LogP contribution in [-0.4, -0.2) is 36.7 Å². The highest BCUT2D eigenvalue weighted by Gasteiger charge is 2.39. The number of pyridine rings is 1. The van der Waals surface area contributed by atoms with Gasteiger partial charge >= 0.3 is 0 Å². The average Bonchev–Trinajstić information content (AvgIpc) is 2.60. The Morgan fingerprint density at radius 2 is 1.96 bits per heavy atom. The number of nitrogens with one attached hydrogen (secondary N) is 1. The second kappa shape index (κ2) is 6.51. The van der Waals surface area contributed by atoms with Gasteiger partial charge in [0.15, 0.2) is 0 Å². The molecule has 8 heteroatoms. The molecule has 1 N–H and O–H groups in total. The second-order valence-electron chi connectivity index (χ2n) is 5.47. The van der Waals surface area contributed by atoms with E-state index in [1.165, 1.54) is 29.7 Å². The lowest BCUT2D eigenvalue weighted by molar-refractivity contribution is -0.124. The molecule has 1 atom stereocenters. The fourth-order valence-electron chi connectivity index (χ4n) is 2.79. The number of fused-ring (bicyclic) bond motifs is 1. The monoisotopic (exact) mass is 365 g/mol. The van der Waals surface area contributed by atoms with Crippen LogP contribution in [0.2, 0.25) is 5.15 Å². The van der Waals surface area contributed by atoms with E-state index in [0.29, 0.717) is 6.42 Å². The summed E-state index contributed by atoms with van der Waals surface area (Å²) >= 11 is 5.73. The van der Waals surface area contributed by atoms with Gasteiger partial charge < -0.3 is 5.32 Å². The minimum atomic E-state index is -3.87. The van der Waals surface area contributed by atoms with Crippen molar-refractivity contribution in [3.8, 4) is 0 Å². The van der Waals surface area contributed by atoms with Crippen molar-refractivity contribution >= 4 is 27.5 Å². The number of aromatic nitrogens is 1. The number of hydrogen-bond donors (Lipinski definition) is 1. The Labute approximate surface area is 145 Å². The van der Waals surface area contributed by atoms with Gasteiger partial charge in [0, 0.05) is 19.8 Å². The molecule has 1 aliphatic rings. The normalized spacial score (nSPS) is 18.0. The van der Waals surface area contributed by atoms with Crippen LogP contribution >= 0.6 is 11.6 Å². The van der Waals surface area contributed by atoms with Crippen molar-refractivity contribution in [2.24, 2.45) is 0 Å². The average molecular weight is 366 g/mol. The van der Waals surface area contributed by atoms with Crippen LogP contribution < -0.4 is 5.32 Å². The fourth-order valence-corrected chi connectivity index (χ4v) is 4.41. The number of amides is 1. The van der Waals surface area contributed by atoms with Gasteiger partial charge in [0.25, 0.3) is 0 Å². The van der Waals surface area contributed by atoms with Gasteiger partial charge in [0.1, 0.15) is 16.1 Å². The van der Waals surface area contributed by atoms with E-state index in [9.17, 15) is 13.2 Å². The maximum absolute atomic E-state index is 13.0. The van der Waals surface area contributed by atoms with Crippen molar-refractivity contribution in [2.75, 3.05) is 7.05 Å². The smallest absolute Gasteiger partial charge is 0.245 e. The Balaban J connectivity index is 2.05. The van der Waals surface area contributed by atoms with E-state index in [4.69, 9.17) is 11.6 Å². The summed E-state index contributed by atoms with van der Waals surface area (Å²) in [6, 6.07) is 9.54. The molecule has 0 fully saturated rings. The third-order valence-electron chi connectivity index (χ3n) is 4.06. The van der Waals surface area contributed by atoms with E-state index in [-0.39, 0.29) is 22.5 Å². The Hall–Kier alpha value is -1.96. The van der Waals surface area contributed by atoms with Crippen LogP contribution in [0.1, 0.15) is 11.1 Å². The lowest BCUT2D eigenvalue weighted by atomic mass is 9.95. The van der Waals surface area contributed by atoms with Gasteiger partial charge in [-0.3, -0.25) is 4.79 Å². The van der Waals surface area contributed by atoms with Crippen LogP contribution in [-0.2, 0) is 27.8 Å². The molecule has 0 bridgehead atoms. The number of benzene rings is 1. The van der Waals surface area contributed by atoms with Crippen LogP contribution in [0.4, 0.5) is 0 Å². The lowest BCUT2D eigenvalue weighted by Gasteiger charge is -2.34. The topological polar surface area (TPSA) is 79.4 Å². The summed E-state index contributed by atoms with van der Waals surface area (Å²) < 4.78 is 27.2. The van der Waals surface area contributed by atoms with Gasteiger partial charge in [-0.2, -0.15) is 4.31 Å². The van der Waals surface area contributed by atoms with Crippen LogP contribution in [0.25, 0.3) is 0 Å². The summed E-state index contributed by atoms with van der Waals surface area (Å²) in [5, 5.41) is 2.76. The largest absolute Gasteiger partial charge is 0.358 e. The molecule has 1 aromatic carbocycles. The Morgan fingerprint density at radius 1 is 1.25 bits per heavy atom. The molecule has 1 aromatic heterocycles. The molecule has 0 aliphatic carbocycles. The van der Waals surface area contributed by atoms with Gasteiger partial charge in [0.05, 0.1) is 0 Å². The predicted octanol–water partition coefficient (Wildman–Crippen LogP) is 1.60. The van der Waals surface area contributed by atoms with Gasteiger partial charge in [-0.05, 0) is 29.7 Å². The number of carbonyl (C=O) groups excluding carboxylic acids is 1. The summed E-state index contributed by atoms with van der Waals surface area (Å²) in [6.45, 7) is 0.138. The molecule has 0 saturated carbocycles. The zero-order valence-electron chi connectivity index (χ0n) is 12.9. The molecule has 0 saturated heterocycles. The van der Waals surface area contributed by atoms with Crippen molar-refractivity contribution in [1.29, 1.82) is 0 Å². The first-order valence-electron chi connectivity index (χ1n) is 7.35. The fraction of sp³-hybridized carbons (Fsp3) is 0.250. The van der Waals surface area contributed by atoms with Crippen molar-refractivity contribution < 1.29 is 13.2 Å². The van der Waals surface area contributed by atoms with Crippen LogP contribution in [0.15, 0.2) is 47.5 Å². The van der Waals surface area contributed by atoms with E-state index >= 15 is 0 Å². The van der Waals surface area contributed by atoms with Crippen molar-refractivity contribution in [2.45, 2.75) is 23.9 Å². The predicted molar refractivity (Wildman–Crippen MR) is 90.0 cm³/mol. The maximum atomic E-state index is 13.0. The van der Waals surface area contributed by atoms with E-state index in [0.717, 1.165) is 11.1 Å². The number of hydrogen-bond acceptors (Lipinski definition) is 4. The SMILES string of the molecule is CNC(=O)[C@H]1Cc2ccccc2CN1S(=O)(=O)c1ccc(Cl)nc1. The van der Waals surface area contributed by atoms with Crippen molar-refractivity contribution in [1.82, 2.24) is 14.6 Å². The first-order valence-corrected chi connectivity index (χ1v) is 9.17. The van der Waals surface area contributed by atoms with E-state index in [2.05, 4.69) is 10.3 Å². The van der Waals surface area contributed by atoms with Gasteiger partial charge in [-0.15, -0.1) is 0 Å². The summed E-state index contributed by atoms with van der Waals surface area (Å²) in [7, 11) is -2.38. The molecule has 1 aliphatic heterocycles. The number of sulfonamides is 1. The molecule has 0 unspecified atom stereocenters. The summed E-state index contributed by atoms with van der Waals surface area (Å²) in [5.74, 6) is -0.338. The van der Waals surface area contributed by atoms with Crippen LogP contribution in [0.5, 0.6) is 0 Å². The Bertz CT molecular complexity index is 868. The highest BCUT2D eigenvalue weighted by molar-refractivity contribution is 7.89. The van der Waals surface area contributed by atoms with Gasteiger partial charge in [0.2, 0.25) is 15.9 Å². The third kappa shape index (κ3) is 3.02. The molecule has 3 rings (SSSR count). The van der Waals surface area contributed by atoms with Crippen LogP contribution in [0.3, 0.4) is 0 Å². The first-order chi connectivity index (χ1) is 11.4. The molecule has 0 spiro atoms. The standard InChI is InChI=1S/C16H16ClN3O3S/c1-18-16(21)14-8-11-4-2-3-5-12(11)10-20(14)24(22,23)13-6-7-15(17)19-9-13/h2-7,9,14H,8,10H2,1H3,(H,18,21)/t14-/m1/s1. The van der Waals surface area contributed by atoms with E-state index in [1.54, 1.807) is 0 Å². The van der Waals surface area contributed by atoms with E-state index < -0.39 is 16.1 Å². The summed E-state index contributed by atoms with van der Waals surface area (Å²) in [4.78, 5) is 16.1. The molecular weight excluding hydrogens is 350 g/mol. The van der Waals surface area contributed by atoms with Gasteiger partial charge in [-0.1, -0.05) is 35.9 Å². The first kappa shape index (κ1) is 16.9. The second-order valence-corrected chi connectivity index (χ2v) is 7.75. The Morgan fingerprint density at radius 3 is 2.58 bits per heavy atom. The summed E-state index contributed by atoms with van der Waals surface area (Å²) in [6.07, 6.45) is 1.54. The third-order valence-corrected chi connectivity index (χ3v) is 6.12. The number of likely N-dealkylation sites (N-methyl/N-ethyl adjacent to an activating group) is 1. The zero-order valence-corrected chi connectivity index (χ0v) is 14.5. The number of rotatable bonds is 3. The number of nitrogens with zero attached hydrogens (tertiary/aromatic N) is 2. The van der Waals surface area contributed by atoms with E-state index in [1.807, 2.05) is 24.3 Å². The van der Waals surface area contributed by atoms with Gasteiger partial charge in [-0.25, -0.2) is 13.4 Å². The number of carbonyl (C=O) groups is 1. The maximum Gasteiger partial charge on any atom is 0.245 e. The molecule has 126 valence electrons. The minimum absolute atomic E-state index is 0.0141. The highest BCUT2D eigenvalue weighted by atomic mass is 35.5. The molecule has 1 amide bonds. The summed E-state index contributed by atoms with van der Waals surface area (Å²) in [5.41, 5.74) is 1.87. The number of halogens is 1. The molecular formula is C16H16ClN3O3S. The van der Waals surface area contributed by atoms with Crippen molar-refractivity contribution in [3.05, 3.63) is 58.9 Å². The lowest BCUT2D eigenvalue weighted by Crippen LogP contribution is -2.51. The molecule has 24 heavy (non-hydrogen) atoms. The molecule has 2 heterocycles. The quantitative estimate of drug-likeness (QED) is 0.838. The molecule has 2 aromatic rings. The Kier molecular flexibility index (Phi) is 4.58. The molecule has 6 nitrogen and oxygen atoms in total. The highest BCUT2D eigenvalue weighted by Crippen LogP contribution is 2.29.